The topological polar surface area (TPSA) is 69.5 Å². The molecule has 2 atom stereocenters. The molecule has 6 heteroatoms. The second-order valence-corrected chi connectivity index (χ2v) is 6.43. The van der Waals surface area contributed by atoms with Gasteiger partial charge in [0.2, 0.25) is 0 Å². The van der Waals surface area contributed by atoms with Crippen LogP contribution >= 0.6 is 23.2 Å². The summed E-state index contributed by atoms with van der Waals surface area (Å²) in [4.78, 5) is 12.4. The predicted molar refractivity (Wildman–Crippen MR) is 96.1 cm³/mol. The molecule has 1 amide bonds. The number of hydrogen-bond donors (Lipinski definition) is 2. The fourth-order valence-corrected chi connectivity index (χ4v) is 3.01. The molecule has 0 saturated heterocycles. The van der Waals surface area contributed by atoms with Crippen molar-refractivity contribution in [3.05, 3.63) is 63.6 Å². The number of anilines is 1. The van der Waals surface area contributed by atoms with Crippen LogP contribution < -0.4 is 10.6 Å². The molecule has 3 N–H and O–H groups in total. The lowest BCUT2D eigenvalue weighted by Gasteiger charge is -2.18. The lowest BCUT2D eigenvalue weighted by molar-refractivity contribution is -0.709. The first-order valence-corrected chi connectivity index (χ1v) is 8.28. The van der Waals surface area contributed by atoms with E-state index in [1.165, 1.54) is 0 Å². The standard InChI is InChI=1S/C18H17Cl2N3O/c1-11(15-8-7-14(19)9-16(15)20)22-12(2)18(24)23-17-6-4-3-5-13(17)10-21/h3-9,11-12,22H,1-2H3,(H,23,24)/p+1/t11-,12+/m1/s1. The molecule has 0 aliphatic rings. The predicted octanol–water partition coefficient (Wildman–Crippen LogP) is 3.52. The smallest absolute Gasteiger partial charge is 0.282 e. The van der Waals surface area contributed by atoms with Crippen LogP contribution in [0.5, 0.6) is 0 Å². The monoisotopic (exact) mass is 362 g/mol. The molecule has 2 aromatic rings. The van der Waals surface area contributed by atoms with E-state index in [0.717, 1.165) is 5.56 Å². The van der Waals surface area contributed by atoms with Crippen molar-refractivity contribution < 1.29 is 10.1 Å². The Hall–Kier alpha value is -2.06. The molecule has 0 unspecified atom stereocenters. The first kappa shape index (κ1) is 18.3. The van der Waals surface area contributed by atoms with Gasteiger partial charge < -0.3 is 10.6 Å². The maximum absolute atomic E-state index is 12.4. The van der Waals surface area contributed by atoms with Crippen LogP contribution in [0.1, 0.15) is 31.0 Å². The number of nitriles is 1. The number of carbonyl (C=O) groups excluding carboxylic acids is 1. The second-order valence-electron chi connectivity index (χ2n) is 5.58. The van der Waals surface area contributed by atoms with E-state index in [2.05, 4.69) is 11.4 Å². The number of nitrogens with two attached hydrogens (primary N) is 1. The van der Waals surface area contributed by atoms with Crippen molar-refractivity contribution in [1.29, 1.82) is 5.26 Å². The minimum atomic E-state index is -0.349. The van der Waals surface area contributed by atoms with Gasteiger partial charge in [-0.25, -0.2) is 0 Å². The molecular weight excluding hydrogens is 345 g/mol. The number of carbonyl (C=O) groups is 1. The van der Waals surface area contributed by atoms with Crippen LogP contribution in [0.15, 0.2) is 42.5 Å². The van der Waals surface area contributed by atoms with Crippen LogP contribution in [0.3, 0.4) is 0 Å². The van der Waals surface area contributed by atoms with Crippen molar-refractivity contribution in [2.45, 2.75) is 25.9 Å². The van der Waals surface area contributed by atoms with Gasteiger partial charge in [0.25, 0.3) is 5.91 Å². The Bertz CT molecular complexity index is 786. The van der Waals surface area contributed by atoms with Gasteiger partial charge in [0.1, 0.15) is 12.1 Å². The van der Waals surface area contributed by atoms with Crippen molar-refractivity contribution in [2.24, 2.45) is 0 Å². The number of halogens is 2. The summed E-state index contributed by atoms with van der Waals surface area (Å²) < 4.78 is 0. The lowest BCUT2D eigenvalue weighted by atomic mass is 10.1. The van der Waals surface area contributed by atoms with Gasteiger partial charge >= 0.3 is 0 Å². The van der Waals surface area contributed by atoms with E-state index in [9.17, 15) is 4.79 Å². The van der Waals surface area contributed by atoms with Crippen LogP contribution in [-0.2, 0) is 4.79 Å². The highest BCUT2D eigenvalue weighted by Gasteiger charge is 2.22. The number of amides is 1. The summed E-state index contributed by atoms with van der Waals surface area (Å²) in [5, 5.41) is 14.9. The maximum Gasteiger partial charge on any atom is 0.282 e. The molecule has 124 valence electrons. The Kier molecular flexibility index (Phi) is 6.22. The number of nitrogens with zero attached hydrogens (tertiary/aromatic N) is 1. The number of hydrogen-bond acceptors (Lipinski definition) is 2. The van der Waals surface area contributed by atoms with E-state index in [4.69, 9.17) is 28.5 Å². The Morgan fingerprint density at radius 2 is 1.92 bits per heavy atom. The zero-order chi connectivity index (χ0) is 17.7. The Balaban J connectivity index is 2.04. The summed E-state index contributed by atoms with van der Waals surface area (Å²) in [6.45, 7) is 3.78. The third kappa shape index (κ3) is 4.48. The Morgan fingerprint density at radius 3 is 2.58 bits per heavy atom. The number of nitrogens with one attached hydrogen (secondary N) is 1. The van der Waals surface area contributed by atoms with E-state index < -0.39 is 0 Å². The van der Waals surface area contributed by atoms with Crippen LogP contribution in [0.4, 0.5) is 5.69 Å². The Morgan fingerprint density at radius 1 is 1.21 bits per heavy atom. The third-order valence-electron chi connectivity index (χ3n) is 3.75. The van der Waals surface area contributed by atoms with Crippen molar-refractivity contribution in [2.75, 3.05) is 5.32 Å². The zero-order valence-corrected chi connectivity index (χ0v) is 14.9. The van der Waals surface area contributed by atoms with Gasteiger partial charge in [-0.15, -0.1) is 0 Å². The van der Waals surface area contributed by atoms with Gasteiger partial charge in [-0.05, 0) is 38.1 Å². The minimum absolute atomic E-state index is 0.0123. The largest absolute Gasteiger partial charge is 0.330 e. The van der Waals surface area contributed by atoms with Crippen LogP contribution in [0.25, 0.3) is 0 Å². The average molecular weight is 363 g/mol. The highest BCUT2D eigenvalue weighted by Crippen LogP contribution is 2.24. The Labute approximate surface area is 151 Å². The van der Waals surface area contributed by atoms with Gasteiger partial charge in [0.05, 0.1) is 16.3 Å². The lowest BCUT2D eigenvalue weighted by Crippen LogP contribution is -2.91. The van der Waals surface area contributed by atoms with Crippen molar-refractivity contribution in [3.8, 4) is 6.07 Å². The van der Waals surface area contributed by atoms with E-state index >= 15 is 0 Å². The SMILES string of the molecule is C[C@H]([NH2+][C@H](C)c1ccc(Cl)cc1Cl)C(=O)Nc1ccccc1C#N. The molecule has 4 nitrogen and oxygen atoms in total. The number of rotatable bonds is 5. The molecule has 24 heavy (non-hydrogen) atoms. The maximum atomic E-state index is 12.4. The molecule has 0 aliphatic carbocycles. The molecule has 0 aromatic heterocycles. The fraction of sp³-hybridized carbons (Fsp3) is 0.222. The van der Waals surface area contributed by atoms with Crippen molar-refractivity contribution >= 4 is 34.8 Å². The molecule has 2 aromatic carbocycles. The van der Waals surface area contributed by atoms with E-state index in [-0.39, 0.29) is 18.0 Å². The van der Waals surface area contributed by atoms with Crippen molar-refractivity contribution in [1.82, 2.24) is 0 Å². The van der Waals surface area contributed by atoms with Gasteiger partial charge in [-0.3, -0.25) is 4.79 Å². The zero-order valence-electron chi connectivity index (χ0n) is 13.4. The highest BCUT2D eigenvalue weighted by molar-refractivity contribution is 6.35. The van der Waals surface area contributed by atoms with Gasteiger partial charge in [0.15, 0.2) is 6.04 Å². The normalized spacial score (nSPS) is 13.0. The minimum Gasteiger partial charge on any atom is -0.330 e. The number of quaternary nitrogens is 1. The van der Waals surface area contributed by atoms with Gasteiger partial charge in [-0.1, -0.05) is 41.4 Å². The molecule has 0 aliphatic heterocycles. The summed E-state index contributed by atoms with van der Waals surface area (Å²) in [5.41, 5.74) is 1.87. The average Bonchev–Trinajstić information content (AvgIpc) is 2.55. The quantitative estimate of drug-likeness (QED) is 0.854. The number of benzene rings is 2. The molecule has 0 bridgehead atoms. The van der Waals surface area contributed by atoms with Crippen molar-refractivity contribution in [3.63, 3.8) is 0 Å². The summed E-state index contributed by atoms with van der Waals surface area (Å²) in [7, 11) is 0. The third-order valence-corrected chi connectivity index (χ3v) is 4.31. The molecule has 0 radical (unpaired) electrons. The van der Waals surface area contributed by atoms with Gasteiger partial charge in [0, 0.05) is 10.6 Å². The second kappa shape index (κ2) is 8.16. The fourth-order valence-electron chi connectivity index (χ4n) is 2.43. The van der Waals surface area contributed by atoms with Crippen LogP contribution in [0, 0.1) is 11.3 Å². The molecule has 2 rings (SSSR count). The first-order chi connectivity index (χ1) is 11.4. The van der Waals surface area contributed by atoms with E-state index in [1.54, 1.807) is 36.4 Å². The first-order valence-electron chi connectivity index (χ1n) is 7.52. The molecule has 0 heterocycles. The molecular formula is C18H18Cl2N3O+. The summed E-state index contributed by atoms with van der Waals surface area (Å²) in [5.74, 6) is -0.172. The molecule has 0 spiro atoms. The molecule has 0 saturated carbocycles. The van der Waals surface area contributed by atoms with Crippen LogP contribution in [-0.4, -0.2) is 11.9 Å². The summed E-state index contributed by atoms with van der Waals surface area (Å²) in [6.07, 6.45) is 0. The summed E-state index contributed by atoms with van der Waals surface area (Å²) >= 11 is 12.1. The van der Waals surface area contributed by atoms with Crippen LogP contribution in [0.2, 0.25) is 10.0 Å². The van der Waals surface area contributed by atoms with E-state index in [0.29, 0.717) is 21.3 Å². The van der Waals surface area contributed by atoms with E-state index in [1.807, 2.05) is 25.2 Å². The summed E-state index contributed by atoms with van der Waals surface area (Å²) in [6, 6.07) is 14.0. The molecule has 0 fully saturated rings. The highest BCUT2D eigenvalue weighted by atomic mass is 35.5. The number of para-hydroxylation sites is 1. The van der Waals surface area contributed by atoms with Gasteiger partial charge in [-0.2, -0.15) is 5.26 Å².